The molecule has 5 rings (SSSR count). The number of carbonyl (C=O) groups excluding carboxylic acids is 1. The van der Waals surface area contributed by atoms with Crippen LogP contribution in [0.15, 0.2) is 54.7 Å². The standard InChI is InChI=1S/C28H26F4N4O3/c1-3-17-15-19(18-7-4-5-8-22(18)38-2)20-16-21(34-25(20)24(17)29)27(37)36-13-11-35(12-14-36)26-23(9-6-10-33-26)39-28(30,31)32/h4-10,15-16,34H,3,11-14H2,1-2H3. The van der Waals surface area contributed by atoms with Crippen LogP contribution < -0.4 is 14.4 Å². The average molecular weight is 543 g/mol. The molecular formula is C28H26F4N4O3. The Balaban J connectivity index is 1.42. The van der Waals surface area contributed by atoms with Crippen molar-refractivity contribution in [1.29, 1.82) is 0 Å². The van der Waals surface area contributed by atoms with E-state index < -0.39 is 17.9 Å². The molecule has 1 aliphatic rings. The summed E-state index contributed by atoms with van der Waals surface area (Å²) in [6.45, 7) is 2.82. The Morgan fingerprint density at radius 1 is 1.03 bits per heavy atom. The summed E-state index contributed by atoms with van der Waals surface area (Å²) in [4.78, 5) is 23.7. The largest absolute Gasteiger partial charge is 0.573 e. The predicted molar refractivity (Wildman–Crippen MR) is 139 cm³/mol. The number of alkyl halides is 3. The second-order valence-electron chi connectivity index (χ2n) is 9.07. The van der Waals surface area contributed by atoms with Crippen LogP contribution in [0.2, 0.25) is 0 Å². The summed E-state index contributed by atoms with van der Waals surface area (Å²) in [6, 6.07) is 13.4. The molecule has 3 heterocycles. The number of amides is 1. The molecule has 0 radical (unpaired) electrons. The molecule has 2 aromatic carbocycles. The molecule has 0 bridgehead atoms. The van der Waals surface area contributed by atoms with Gasteiger partial charge in [0.1, 0.15) is 17.3 Å². The van der Waals surface area contributed by atoms with Crippen LogP contribution in [-0.2, 0) is 6.42 Å². The smallest absolute Gasteiger partial charge is 0.496 e. The van der Waals surface area contributed by atoms with Crippen LogP contribution in [0.4, 0.5) is 23.4 Å². The SMILES string of the molecule is CCc1cc(-c2ccccc2OC)c2cc(C(=O)N3CCN(c4ncccc4OC(F)(F)F)CC3)[nH]c2c1F. The Morgan fingerprint density at radius 2 is 1.74 bits per heavy atom. The molecule has 0 unspecified atom stereocenters. The van der Waals surface area contributed by atoms with Gasteiger partial charge in [-0.05, 0) is 47.9 Å². The highest BCUT2D eigenvalue weighted by atomic mass is 19.4. The Labute approximate surface area is 222 Å². The Kier molecular flexibility index (Phi) is 7.07. The van der Waals surface area contributed by atoms with Gasteiger partial charge in [0, 0.05) is 43.3 Å². The number of anilines is 1. The van der Waals surface area contributed by atoms with Crippen LogP contribution in [0.25, 0.3) is 22.0 Å². The third-order valence-corrected chi connectivity index (χ3v) is 6.78. The summed E-state index contributed by atoms with van der Waals surface area (Å²) in [5.74, 6) is -0.458. The number of aryl methyl sites for hydroxylation is 1. The van der Waals surface area contributed by atoms with E-state index in [4.69, 9.17) is 4.74 Å². The highest BCUT2D eigenvalue weighted by Crippen LogP contribution is 2.38. The quantitative estimate of drug-likeness (QED) is 0.312. The summed E-state index contributed by atoms with van der Waals surface area (Å²) in [5.41, 5.74) is 2.48. The molecule has 1 saturated heterocycles. The number of methoxy groups -OCH3 is 1. The number of ether oxygens (including phenoxy) is 2. The first-order chi connectivity index (χ1) is 18.7. The van der Waals surface area contributed by atoms with Gasteiger partial charge in [0.2, 0.25) is 0 Å². The molecule has 4 aromatic rings. The van der Waals surface area contributed by atoms with E-state index in [0.29, 0.717) is 23.1 Å². The molecule has 0 saturated carbocycles. The van der Waals surface area contributed by atoms with Gasteiger partial charge in [-0.3, -0.25) is 4.79 Å². The number of para-hydroxylation sites is 1. The first-order valence-corrected chi connectivity index (χ1v) is 12.4. The number of pyridine rings is 1. The number of nitrogens with zero attached hydrogens (tertiary/aromatic N) is 3. The predicted octanol–water partition coefficient (Wildman–Crippen LogP) is 5.80. The Hall–Kier alpha value is -4.28. The number of benzene rings is 2. The molecule has 7 nitrogen and oxygen atoms in total. The molecule has 0 atom stereocenters. The average Bonchev–Trinajstić information content (AvgIpc) is 3.39. The van der Waals surface area contributed by atoms with E-state index in [1.54, 1.807) is 29.0 Å². The summed E-state index contributed by atoms with van der Waals surface area (Å²) >= 11 is 0. The maximum absolute atomic E-state index is 15.4. The fourth-order valence-corrected chi connectivity index (χ4v) is 4.89. The number of hydrogen-bond acceptors (Lipinski definition) is 5. The van der Waals surface area contributed by atoms with E-state index in [2.05, 4.69) is 14.7 Å². The van der Waals surface area contributed by atoms with Gasteiger partial charge in [-0.15, -0.1) is 13.2 Å². The van der Waals surface area contributed by atoms with Gasteiger partial charge < -0.3 is 24.3 Å². The van der Waals surface area contributed by atoms with Crippen molar-refractivity contribution < 1.29 is 31.8 Å². The van der Waals surface area contributed by atoms with E-state index in [1.807, 2.05) is 31.2 Å². The first kappa shape index (κ1) is 26.3. The number of aromatic nitrogens is 2. The van der Waals surface area contributed by atoms with Gasteiger partial charge in [0.25, 0.3) is 5.91 Å². The molecule has 1 amide bonds. The van der Waals surface area contributed by atoms with Gasteiger partial charge in [-0.25, -0.2) is 9.37 Å². The normalized spacial score (nSPS) is 14.1. The number of halogens is 4. The second kappa shape index (κ2) is 10.5. The zero-order valence-electron chi connectivity index (χ0n) is 21.3. The molecule has 0 spiro atoms. The lowest BCUT2D eigenvalue weighted by atomic mass is 9.96. The minimum Gasteiger partial charge on any atom is -0.496 e. The monoisotopic (exact) mass is 542 g/mol. The fourth-order valence-electron chi connectivity index (χ4n) is 4.89. The van der Waals surface area contributed by atoms with Crippen molar-refractivity contribution >= 4 is 22.6 Å². The van der Waals surface area contributed by atoms with Gasteiger partial charge in [-0.2, -0.15) is 0 Å². The molecule has 1 aliphatic heterocycles. The Bertz CT molecular complexity index is 1510. The van der Waals surface area contributed by atoms with E-state index in [-0.39, 0.29) is 49.1 Å². The van der Waals surface area contributed by atoms with Crippen LogP contribution in [0, 0.1) is 5.82 Å². The van der Waals surface area contributed by atoms with Crippen molar-refractivity contribution in [2.24, 2.45) is 0 Å². The third-order valence-electron chi connectivity index (χ3n) is 6.78. The summed E-state index contributed by atoms with van der Waals surface area (Å²) in [7, 11) is 1.56. The van der Waals surface area contributed by atoms with Crippen molar-refractivity contribution in [3.63, 3.8) is 0 Å². The maximum Gasteiger partial charge on any atom is 0.573 e. The van der Waals surface area contributed by atoms with Crippen LogP contribution in [0.1, 0.15) is 23.0 Å². The van der Waals surface area contributed by atoms with E-state index >= 15 is 4.39 Å². The number of aromatic amines is 1. The number of H-pyrrole nitrogens is 1. The highest BCUT2D eigenvalue weighted by molar-refractivity contribution is 6.04. The lowest BCUT2D eigenvalue weighted by molar-refractivity contribution is -0.274. The van der Waals surface area contributed by atoms with Crippen molar-refractivity contribution in [3.8, 4) is 22.6 Å². The van der Waals surface area contributed by atoms with Gasteiger partial charge in [-0.1, -0.05) is 25.1 Å². The van der Waals surface area contributed by atoms with Crippen molar-refractivity contribution in [3.05, 3.63) is 71.8 Å². The van der Waals surface area contributed by atoms with Crippen LogP contribution in [0.5, 0.6) is 11.5 Å². The second-order valence-corrected chi connectivity index (χ2v) is 9.07. The lowest BCUT2D eigenvalue weighted by Crippen LogP contribution is -2.49. The van der Waals surface area contributed by atoms with Crippen LogP contribution in [-0.4, -0.2) is 60.4 Å². The van der Waals surface area contributed by atoms with Gasteiger partial charge in [0.15, 0.2) is 11.6 Å². The maximum atomic E-state index is 15.4. The van der Waals surface area contributed by atoms with Crippen molar-refractivity contribution in [2.45, 2.75) is 19.7 Å². The van der Waals surface area contributed by atoms with Gasteiger partial charge >= 0.3 is 6.36 Å². The van der Waals surface area contributed by atoms with Crippen LogP contribution >= 0.6 is 0 Å². The highest BCUT2D eigenvalue weighted by Gasteiger charge is 2.34. The number of nitrogens with one attached hydrogen (secondary N) is 1. The topological polar surface area (TPSA) is 70.7 Å². The number of hydrogen-bond donors (Lipinski definition) is 1. The number of fused-ring (bicyclic) bond motifs is 1. The minimum atomic E-state index is -4.85. The van der Waals surface area contributed by atoms with Crippen molar-refractivity contribution in [1.82, 2.24) is 14.9 Å². The first-order valence-electron chi connectivity index (χ1n) is 12.4. The van der Waals surface area contributed by atoms with Gasteiger partial charge in [0.05, 0.1) is 12.6 Å². The zero-order valence-corrected chi connectivity index (χ0v) is 21.3. The lowest BCUT2D eigenvalue weighted by Gasteiger charge is -2.35. The molecule has 1 fully saturated rings. The summed E-state index contributed by atoms with van der Waals surface area (Å²) in [5, 5.41) is 0.554. The molecule has 11 heteroatoms. The molecular weight excluding hydrogens is 516 g/mol. The third kappa shape index (κ3) is 5.21. The molecule has 0 aliphatic carbocycles. The zero-order chi connectivity index (χ0) is 27.7. The Morgan fingerprint density at radius 3 is 2.44 bits per heavy atom. The van der Waals surface area contributed by atoms with E-state index in [0.717, 1.165) is 11.1 Å². The molecule has 204 valence electrons. The summed E-state index contributed by atoms with van der Waals surface area (Å²) < 4.78 is 63.5. The fraction of sp³-hybridized carbons (Fsp3) is 0.286. The number of piperazine rings is 1. The molecule has 1 N–H and O–H groups in total. The molecule has 39 heavy (non-hydrogen) atoms. The van der Waals surface area contributed by atoms with Crippen LogP contribution in [0.3, 0.4) is 0 Å². The van der Waals surface area contributed by atoms with E-state index in [9.17, 15) is 18.0 Å². The minimum absolute atomic E-state index is 0.0585. The molecule has 2 aromatic heterocycles. The van der Waals surface area contributed by atoms with E-state index in [1.165, 1.54) is 18.3 Å². The van der Waals surface area contributed by atoms with Crippen molar-refractivity contribution in [2.75, 3.05) is 38.2 Å². The number of carbonyl (C=O) groups is 1. The summed E-state index contributed by atoms with van der Waals surface area (Å²) in [6.07, 6.45) is -3.00. The number of rotatable bonds is 6.